The summed E-state index contributed by atoms with van der Waals surface area (Å²) in [6.07, 6.45) is 4.28. The summed E-state index contributed by atoms with van der Waals surface area (Å²) in [4.78, 5) is 9.82. The molecule has 10 heavy (non-hydrogen) atoms. The van der Waals surface area contributed by atoms with Crippen LogP contribution >= 0.6 is 0 Å². The zero-order valence-electron chi connectivity index (χ0n) is 6.47. The van der Waals surface area contributed by atoms with Gasteiger partial charge in [-0.3, -0.25) is 0 Å². The van der Waals surface area contributed by atoms with Crippen LogP contribution in [0.3, 0.4) is 0 Å². The summed E-state index contributed by atoms with van der Waals surface area (Å²) >= 11 is 0. The summed E-state index contributed by atoms with van der Waals surface area (Å²) in [5.74, 6) is 0. The van der Waals surface area contributed by atoms with Gasteiger partial charge in [-0.05, 0) is 13.0 Å². The summed E-state index contributed by atoms with van der Waals surface area (Å²) in [6.45, 7) is 0.672. The molecule has 0 bridgehead atoms. The van der Waals surface area contributed by atoms with Gasteiger partial charge >= 0.3 is 18.9 Å². The summed E-state index contributed by atoms with van der Waals surface area (Å²) in [6, 6.07) is -0.406. The second-order valence-electron chi connectivity index (χ2n) is 2.01. The van der Waals surface area contributed by atoms with Crippen LogP contribution in [0.1, 0.15) is 19.3 Å². The van der Waals surface area contributed by atoms with Crippen molar-refractivity contribution in [3.05, 3.63) is 0 Å². The normalized spacial score (nSPS) is 11.8. The van der Waals surface area contributed by atoms with E-state index in [0.717, 1.165) is 12.8 Å². The van der Waals surface area contributed by atoms with Crippen LogP contribution in [0.5, 0.6) is 0 Å². The second kappa shape index (κ2) is 9.19. The smallest absolute Gasteiger partial charge is 0.540 e. The van der Waals surface area contributed by atoms with E-state index in [1.165, 1.54) is 0 Å². The van der Waals surface area contributed by atoms with Gasteiger partial charge in [0.1, 0.15) is 0 Å². The molecule has 1 atom stereocenters. The minimum Gasteiger partial charge on any atom is -0.540 e. The molecule has 0 heterocycles. The number of rotatable bonds is 5. The number of unbranched alkanes of at least 4 members (excludes halogenated alkanes) is 1. The van der Waals surface area contributed by atoms with E-state index in [-0.39, 0.29) is 18.9 Å². The van der Waals surface area contributed by atoms with E-state index >= 15 is 0 Å². The van der Waals surface area contributed by atoms with E-state index in [9.17, 15) is 4.79 Å². The maximum absolute atomic E-state index is 9.82. The van der Waals surface area contributed by atoms with Gasteiger partial charge in [0.25, 0.3) is 0 Å². The molecule has 3 nitrogen and oxygen atoms in total. The predicted molar refractivity (Wildman–Crippen MR) is 36.6 cm³/mol. The summed E-state index contributed by atoms with van der Waals surface area (Å²) < 4.78 is 0. The van der Waals surface area contributed by atoms with Crippen LogP contribution in [0.15, 0.2) is 0 Å². The molecule has 0 aromatic heterocycles. The zero-order valence-corrected chi connectivity index (χ0v) is 6.47. The van der Waals surface area contributed by atoms with E-state index in [0.29, 0.717) is 13.0 Å². The largest absolute Gasteiger partial charge is 1.00 e. The molecule has 0 aliphatic carbocycles. The molecular weight excluding hydrogens is 123 g/mol. The van der Waals surface area contributed by atoms with Gasteiger partial charge in [0, 0.05) is 0 Å². The average Bonchev–Trinajstić information content (AvgIpc) is 1.89. The number of hydrogen-bond donors (Lipinski definition) is 2. The van der Waals surface area contributed by atoms with Gasteiger partial charge in [-0.15, -0.1) is 0 Å². The first kappa shape index (κ1) is 12.8. The SMILES string of the molecule is NCCCC[C@H](N)[C-]=O.[Li+]. The Morgan fingerprint density at radius 3 is 2.40 bits per heavy atom. The third-order valence-corrected chi connectivity index (χ3v) is 1.12. The van der Waals surface area contributed by atoms with Crippen molar-refractivity contribution in [3.8, 4) is 0 Å². The Bertz CT molecular complexity index is 80.1. The van der Waals surface area contributed by atoms with E-state index in [4.69, 9.17) is 11.5 Å². The Morgan fingerprint density at radius 1 is 1.40 bits per heavy atom. The van der Waals surface area contributed by atoms with Crippen LogP contribution < -0.4 is 30.3 Å². The van der Waals surface area contributed by atoms with Crippen molar-refractivity contribution < 1.29 is 23.7 Å². The average molecular weight is 136 g/mol. The molecule has 4 N–H and O–H groups in total. The molecule has 0 rings (SSSR count). The van der Waals surface area contributed by atoms with Gasteiger partial charge in [0.15, 0.2) is 0 Å². The maximum Gasteiger partial charge on any atom is 1.00 e. The van der Waals surface area contributed by atoms with E-state index in [1.54, 1.807) is 6.29 Å². The Hall–Kier alpha value is 0.187. The second-order valence-corrected chi connectivity index (χ2v) is 2.01. The van der Waals surface area contributed by atoms with Crippen molar-refractivity contribution in [1.82, 2.24) is 0 Å². The fourth-order valence-electron chi connectivity index (χ4n) is 0.568. The standard InChI is InChI=1S/C6H13N2O.Li/c7-4-2-1-3-6(8)5-9;/h6H,1-4,7-8H2;/q-1;+1/t6-;/m0./s1. The van der Waals surface area contributed by atoms with Crippen molar-refractivity contribution in [1.29, 1.82) is 0 Å². The van der Waals surface area contributed by atoms with Crippen LogP contribution in [0.2, 0.25) is 0 Å². The maximum atomic E-state index is 9.82. The van der Waals surface area contributed by atoms with Gasteiger partial charge in [-0.25, -0.2) is 6.29 Å². The first-order valence-corrected chi connectivity index (χ1v) is 3.14. The molecule has 0 radical (unpaired) electrons. The number of carbonyl (C=O) groups excluding carboxylic acids is 1. The molecular formula is C6H13LiN2O. The predicted octanol–water partition coefficient (Wildman–Crippen LogP) is -3.44. The molecule has 0 unspecified atom stereocenters. The fourth-order valence-corrected chi connectivity index (χ4v) is 0.568. The molecule has 0 saturated heterocycles. The molecule has 0 aliphatic rings. The summed E-state index contributed by atoms with van der Waals surface area (Å²) in [7, 11) is 0. The van der Waals surface area contributed by atoms with Crippen molar-refractivity contribution in [3.63, 3.8) is 0 Å². The van der Waals surface area contributed by atoms with Crippen LogP contribution in [-0.2, 0) is 4.79 Å². The van der Waals surface area contributed by atoms with Crippen molar-refractivity contribution in [2.45, 2.75) is 25.3 Å². The topological polar surface area (TPSA) is 69.1 Å². The Labute approximate surface area is 73.7 Å². The van der Waals surface area contributed by atoms with Crippen LogP contribution in [-0.4, -0.2) is 18.9 Å². The molecule has 54 valence electrons. The van der Waals surface area contributed by atoms with Crippen LogP contribution in [0.4, 0.5) is 0 Å². The molecule has 0 spiro atoms. The quantitative estimate of drug-likeness (QED) is 0.235. The molecule has 0 amide bonds. The zero-order chi connectivity index (χ0) is 7.11. The van der Waals surface area contributed by atoms with Gasteiger partial charge < -0.3 is 16.3 Å². The molecule has 4 heteroatoms. The Balaban J connectivity index is 0. The molecule has 0 aromatic carbocycles. The van der Waals surface area contributed by atoms with Gasteiger partial charge in [-0.1, -0.05) is 18.9 Å². The molecule has 0 fully saturated rings. The van der Waals surface area contributed by atoms with Crippen LogP contribution in [0.25, 0.3) is 0 Å². The molecule has 0 saturated carbocycles. The van der Waals surface area contributed by atoms with Crippen molar-refractivity contribution in [2.24, 2.45) is 11.5 Å². The van der Waals surface area contributed by atoms with Gasteiger partial charge in [-0.2, -0.15) is 0 Å². The van der Waals surface area contributed by atoms with Crippen LogP contribution in [0, 0.1) is 0 Å². The van der Waals surface area contributed by atoms with Gasteiger partial charge in [0.05, 0.1) is 0 Å². The fraction of sp³-hybridized carbons (Fsp3) is 0.833. The Morgan fingerprint density at radius 2 is 2.00 bits per heavy atom. The molecule has 0 aromatic rings. The third-order valence-electron chi connectivity index (χ3n) is 1.12. The van der Waals surface area contributed by atoms with E-state index in [1.807, 2.05) is 0 Å². The third kappa shape index (κ3) is 8.19. The van der Waals surface area contributed by atoms with Gasteiger partial charge in [0.2, 0.25) is 0 Å². The number of nitrogens with two attached hydrogens (primary N) is 2. The van der Waals surface area contributed by atoms with Crippen molar-refractivity contribution in [2.75, 3.05) is 6.54 Å². The van der Waals surface area contributed by atoms with E-state index < -0.39 is 6.04 Å². The minimum atomic E-state index is -0.406. The monoisotopic (exact) mass is 136 g/mol. The molecule has 0 aliphatic heterocycles. The summed E-state index contributed by atoms with van der Waals surface area (Å²) in [5, 5.41) is 0. The van der Waals surface area contributed by atoms with E-state index in [2.05, 4.69) is 0 Å². The Kier molecular flexibility index (Phi) is 11.8. The summed E-state index contributed by atoms with van der Waals surface area (Å²) in [5.41, 5.74) is 10.5. The first-order valence-electron chi connectivity index (χ1n) is 3.14. The minimum absolute atomic E-state index is 0. The number of hydrogen-bond acceptors (Lipinski definition) is 3. The van der Waals surface area contributed by atoms with Crippen molar-refractivity contribution >= 4 is 6.29 Å². The first-order chi connectivity index (χ1) is 4.31.